The molecule has 3 unspecified atom stereocenters. The van der Waals surface area contributed by atoms with Crippen LogP contribution in [0.25, 0.3) is 0 Å². The number of hydrogen-bond acceptors (Lipinski definition) is 6. The Labute approximate surface area is 303 Å². The maximum Gasteiger partial charge on any atom is 0.315 e. The van der Waals surface area contributed by atoms with Crippen LogP contribution in [0.5, 0.6) is 0 Å². The zero-order valence-electron chi connectivity index (χ0n) is 31.8. The van der Waals surface area contributed by atoms with Gasteiger partial charge in [-0.1, -0.05) is 48.5 Å². The third-order valence-corrected chi connectivity index (χ3v) is 15.9. The number of nitrogens with one attached hydrogen (secondary N) is 2. The molecule has 1 aromatic heterocycles. The lowest BCUT2D eigenvalue weighted by atomic mass is 9.33. The number of esters is 1. The zero-order valence-corrected chi connectivity index (χ0v) is 32.6. The van der Waals surface area contributed by atoms with Crippen molar-refractivity contribution >= 4 is 35.1 Å². The van der Waals surface area contributed by atoms with Crippen molar-refractivity contribution in [3.05, 3.63) is 33.5 Å². The van der Waals surface area contributed by atoms with E-state index in [0.717, 1.165) is 62.5 Å². The van der Waals surface area contributed by atoms with Gasteiger partial charge in [0.2, 0.25) is 0 Å². The Morgan fingerprint density at radius 2 is 1.70 bits per heavy atom. The summed E-state index contributed by atoms with van der Waals surface area (Å²) in [6, 6.07) is 1.82. The molecule has 4 fully saturated rings. The number of carboxylic acid groups (broad SMARTS) is 1. The van der Waals surface area contributed by atoms with Gasteiger partial charge in [-0.3, -0.25) is 14.4 Å². The summed E-state index contributed by atoms with van der Waals surface area (Å²) in [4.78, 5) is 52.2. The maximum atomic E-state index is 13.9. The summed E-state index contributed by atoms with van der Waals surface area (Å²) in [7, 11) is 0. The number of carbonyl (C=O) groups excluding carboxylic acids is 3. The molecule has 0 saturated heterocycles. The molecule has 0 aliphatic heterocycles. The van der Waals surface area contributed by atoms with E-state index in [2.05, 4.69) is 59.1 Å². The fraction of sp³-hybridized carbons (Fsp3) is 0.756. The van der Waals surface area contributed by atoms with Crippen LogP contribution in [0.4, 0.5) is 4.79 Å². The number of urea groups is 1. The summed E-state index contributed by atoms with van der Waals surface area (Å²) in [5, 5.41) is 20.1. The molecule has 6 rings (SSSR count). The number of ketones is 1. The molecule has 2 amide bonds. The average Bonchev–Trinajstić information content (AvgIpc) is 3.63. The molecule has 0 aromatic carbocycles. The van der Waals surface area contributed by atoms with Crippen LogP contribution in [-0.4, -0.2) is 40.5 Å². The predicted molar refractivity (Wildman–Crippen MR) is 195 cm³/mol. The highest BCUT2D eigenvalue weighted by molar-refractivity contribution is 7.07. The van der Waals surface area contributed by atoms with Crippen LogP contribution in [0.2, 0.25) is 0 Å². The minimum Gasteiger partial charge on any atom is -0.481 e. The Morgan fingerprint density at radius 1 is 0.980 bits per heavy atom. The summed E-state index contributed by atoms with van der Waals surface area (Å²) in [6.07, 6.45) is 7.62. The van der Waals surface area contributed by atoms with Crippen molar-refractivity contribution in [1.82, 2.24) is 10.6 Å². The van der Waals surface area contributed by atoms with Crippen molar-refractivity contribution in [1.29, 1.82) is 0 Å². The molecule has 5 aliphatic carbocycles. The SMILES string of the molecule is CC(C)C1=C2C3CCC4[C@@]5(C)CC[C@H](OC(=O)CC(C)(C)C(=O)O)C(C)(C)C5CC[C@@]4(C)[C@]3(C)CC[C@@]2(NC(=O)NCc2ccsc2)CC1=O. The third kappa shape index (κ3) is 5.67. The van der Waals surface area contributed by atoms with E-state index in [9.17, 15) is 24.3 Å². The van der Waals surface area contributed by atoms with E-state index >= 15 is 0 Å². The van der Waals surface area contributed by atoms with Gasteiger partial charge in [0.15, 0.2) is 5.78 Å². The maximum absolute atomic E-state index is 13.9. The van der Waals surface area contributed by atoms with E-state index in [1.165, 1.54) is 5.57 Å². The highest BCUT2D eigenvalue weighted by Crippen LogP contribution is 2.76. The summed E-state index contributed by atoms with van der Waals surface area (Å²) in [5.41, 5.74) is 1.28. The van der Waals surface area contributed by atoms with Crippen LogP contribution < -0.4 is 10.6 Å². The van der Waals surface area contributed by atoms with E-state index in [0.29, 0.717) is 24.8 Å². The van der Waals surface area contributed by atoms with E-state index < -0.39 is 22.9 Å². The lowest BCUT2D eigenvalue weighted by molar-refractivity contribution is -0.232. The first-order valence-electron chi connectivity index (χ1n) is 19.0. The number of aliphatic carboxylic acids is 1. The van der Waals surface area contributed by atoms with Gasteiger partial charge in [-0.2, -0.15) is 11.3 Å². The van der Waals surface area contributed by atoms with Gasteiger partial charge in [-0.05, 0) is 139 Å². The smallest absolute Gasteiger partial charge is 0.315 e. The van der Waals surface area contributed by atoms with E-state index in [-0.39, 0.29) is 57.8 Å². The second-order valence-corrected chi connectivity index (χ2v) is 19.7. The Balaban J connectivity index is 1.27. The lowest BCUT2D eigenvalue weighted by Crippen LogP contribution is -2.67. The first kappa shape index (κ1) is 37.1. The molecule has 0 spiro atoms. The Hall–Kier alpha value is -2.68. The number of thiophene rings is 1. The van der Waals surface area contributed by atoms with Crippen LogP contribution in [0, 0.1) is 50.7 Å². The van der Waals surface area contributed by atoms with Crippen LogP contribution >= 0.6 is 11.3 Å². The van der Waals surface area contributed by atoms with Gasteiger partial charge in [-0.25, -0.2) is 4.79 Å². The topological polar surface area (TPSA) is 122 Å². The van der Waals surface area contributed by atoms with Crippen molar-refractivity contribution in [2.24, 2.45) is 50.7 Å². The summed E-state index contributed by atoms with van der Waals surface area (Å²) in [6.45, 7) is 20.0. The molecule has 50 heavy (non-hydrogen) atoms. The average molecular weight is 709 g/mol. The van der Waals surface area contributed by atoms with Crippen molar-refractivity contribution in [2.75, 3.05) is 0 Å². The number of carboxylic acids is 1. The van der Waals surface area contributed by atoms with E-state index in [4.69, 9.17) is 4.74 Å². The fourth-order valence-corrected chi connectivity index (χ4v) is 13.1. The normalized spacial score (nSPS) is 37.7. The highest BCUT2D eigenvalue weighted by atomic mass is 32.1. The molecular weight excluding hydrogens is 649 g/mol. The number of allylic oxidation sites excluding steroid dienone is 1. The van der Waals surface area contributed by atoms with E-state index in [1.807, 2.05) is 16.8 Å². The van der Waals surface area contributed by atoms with Crippen molar-refractivity contribution in [2.45, 2.75) is 145 Å². The molecule has 8 nitrogen and oxygen atoms in total. The number of Topliss-reactive ketones (excluding diaryl/α,β-unsaturated/α-hetero) is 1. The zero-order chi connectivity index (χ0) is 36.7. The Kier molecular flexibility index (Phi) is 9.26. The molecule has 9 heteroatoms. The van der Waals surface area contributed by atoms with Gasteiger partial charge in [-0.15, -0.1) is 0 Å². The standard InChI is InChI=1S/C41H60N2O6S/c1-24(2)32-27(44)20-41(43-35(48)42-22-25-14-19-50-23-25)18-17-39(8)26(33(32)41)10-11-29-38(7)15-13-30(49-31(45)21-36(3,4)34(46)47)37(5,6)28(38)12-16-40(29,39)9/h14,19,23-24,26,28-30H,10-13,15-18,20-22H2,1-9H3,(H,46,47)(H2,42,43,48)/t26?,28?,29?,30-,38-,39+,40+,41+/m0/s1. The third-order valence-electron chi connectivity index (χ3n) is 15.2. The number of rotatable bonds is 8. The van der Waals surface area contributed by atoms with Gasteiger partial charge in [0, 0.05) is 18.4 Å². The molecule has 1 aromatic rings. The molecule has 4 saturated carbocycles. The first-order chi connectivity index (χ1) is 23.2. The van der Waals surface area contributed by atoms with Crippen LogP contribution in [0.3, 0.4) is 0 Å². The minimum absolute atomic E-state index is 0.0296. The molecule has 276 valence electrons. The lowest BCUT2D eigenvalue weighted by Gasteiger charge is -2.72. The van der Waals surface area contributed by atoms with E-state index in [1.54, 1.807) is 25.2 Å². The van der Waals surface area contributed by atoms with Crippen molar-refractivity contribution < 1.29 is 29.0 Å². The Bertz CT molecular complexity index is 1580. The van der Waals surface area contributed by atoms with Crippen LogP contribution in [0.15, 0.2) is 28.0 Å². The second-order valence-electron chi connectivity index (χ2n) is 18.9. The van der Waals surface area contributed by atoms with Crippen LogP contribution in [-0.2, 0) is 25.7 Å². The molecule has 3 N–H and O–H groups in total. The van der Waals surface area contributed by atoms with Crippen molar-refractivity contribution in [3.63, 3.8) is 0 Å². The number of amides is 2. The van der Waals surface area contributed by atoms with Crippen molar-refractivity contribution in [3.8, 4) is 0 Å². The van der Waals surface area contributed by atoms with Gasteiger partial charge in [0.25, 0.3) is 0 Å². The van der Waals surface area contributed by atoms with Gasteiger partial charge in [0.1, 0.15) is 6.10 Å². The summed E-state index contributed by atoms with van der Waals surface area (Å²) >= 11 is 1.62. The largest absolute Gasteiger partial charge is 0.481 e. The summed E-state index contributed by atoms with van der Waals surface area (Å²) in [5.74, 6) is -0.0627. The predicted octanol–water partition coefficient (Wildman–Crippen LogP) is 8.69. The molecule has 5 aliphatic rings. The molecule has 8 atom stereocenters. The quantitative estimate of drug-likeness (QED) is 0.232. The minimum atomic E-state index is -1.17. The number of hydrogen-bond donors (Lipinski definition) is 3. The molecule has 0 radical (unpaired) electrons. The first-order valence-corrected chi connectivity index (χ1v) is 19.9. The Morgan fingerprint density at radius 3 is 2.34 bits per heavy atom. The van der Waals surface area contributed by atoms with Gasteiger partial charge < -0.3 is 20.5 Å². The molecule has 0 bridgehead atoms. The monoisotopic (exact) mass is 708 g/mol. The summed E-state index contributed by atoms with van der Waals surface area (Å²) < 4.78 is 6.15. The highest BCUT2D eigenvalue weighted by Gasteiger charge is 2.70. The number of fused-ring (bicyclic) bond motifs is 7. The number of ether oxygens (including phenoxy) is 1. The number of carbonyl (C=O) groups is 4. The fourth-order valence-electron chi connectivity index (χ4n) is 12.4. The van der Waals surface area contributed by atoms with Gasteiger partial charge in [0.05, 0.1) is 17.4 Å². The van der Waals surface area contributed by atoms with Crippen LogP contribution in [0.1, 0.15) is 132 Å². The molecule has 1 heterocycles. The molecular formula is C41H60N2O6S. The van der Waals surface area contributed by atoms with Gasteiger partial charge >= 0.3 is 18.0 Å². The second kappa shape index (κ2) is 12.5.